The first kappa shape index (κ1) is 13.8. The smallest absolute Gasteiger partial charge is 0.228 e. The molecule has 2 fully saturated rings. The highest BCUT2D eigenvalue weighted by atomic mass is 16.2. The number of likely N-dealkylation sites (tertiary alicyclic amines) is 1. The van der Waals surface area contributed by atoms with Gasteiger partial charge in [-0.05, 0) is 31.9 Å². The van der Waals surface area contributed by atoms with E-state index in [-0.39, 0.29) is 12.0 Å². The number of imidazole rings is 1. The zero-order valence-corrected chi connectivity index (χ0v) is 13.0. The third kappa shape index (κ3) is 2.03. The van der Waals surface area contributed by atoms with Crippen LogP contribution in [0.3, 0.4) is 0 Å². The van der Waals surface area contributed by atoms with Gasteiger partial charge in [0.2, 0.25) is 5.91 Å². The van der Waals surface area contributed by atoms with Gasteiger partial charge >= 0.3 is 0 Å². The molecule has 1 unspecified atom stereocenters. The number of benzene rings is 1. The Morgan fingerprint density at radius 3 is 2.91 bits per heavy atom. The number of nitrogens with zero attached hydrogens (tertiary/aromatic N) is 3. The van der Waals surface area contributed by atoms with Crippen molar-refractivity contribution in [3.8, 4) is 0 Å². The van der Waals surface area contributed by atoms with Crippen molar-refractivity contribution in [3.63, 3.8) is 0 Å². The molecule has 1 amide bonds. The number of fused-ring (bicyclic) bond motifs is 1. The molecule has 2 aromatic rings. The lowest BCUT2D eigenvalue weighted by Crippen LogP contribution is -2.52. The molecule has 1 aromatic heterocycles. The van der Waals surface area contributed by atoms with Gasteiger partial charge in [0.25, 0.3) is 0 Å². The topological polar surface area (TPSA) is 50.2 Å². The second-order valence-corrected chi connectivity index (χ2v) is 6.25. The number of hydrogen-bond acceptors (Lipinski definition) is 3. The summed E-state index contributed by atoms with van der Waals surface area (Å²) < 4.78 is 2.27. The molecule has 2 aliphatic heterocycles. The minimum Gasteiger partial charge on any atom is -0.332 e. The minimum absolute atomic E-state index is 0.139. The van der Waals surface area contributed by atoms with Gasteiger partial charge < -0.3 is 14.8 Å². The zero-order valence-electron chi connectivity index (χ0n) is 13.0. The van der Waals surface area contributed by atoms with Gasteiger partial charge in [0.05, 0.1) is 23.0 Å². The third-order valence-corrected chi connectivity index (χ3v) is 4.96. The van der Waals surface area contributed by atoms with Crippen molar-refractivity contribution >= 4 is 16.9 Å². The van der Waals surface area contributed by atoms with Crippen LogP contribution in [-0.2, 0) is 11.3 Å². The first-order valence-electron chi connectivity index (χ1n) is 8.26. The van der Waals surface area contributed by atoms with E-state index in [2.05, 4.69) is 39.9 Å². The lowest BCUT2D eigenvalue weighted by atomic mass is 10.0. The van der Waals surface area contributed by atoms with Crippen molar-refractivity contribution in [1.82, 2.24) is 19.8 Å². The van der Waals surface area contributed by atoms with Crippen molar-refractivity contribution < 1.29 is 4.79 Å². The first-order valence-corrected chi connectivity index (χ1v) is 8.26. The van der Waals surface area contributed by atoms with E-state index in [1.165, 1.54) is 5.52 Å². The molecule has 0 saturated carbocycles. The molecule has 5 nitrogen and oxygen atoms in total. The average Bonchev–Trinajstić information content (AvgIpc) is 3.09. The van der Waals surface area contributed by atoms with Gasteiger partial charge in [0, 0.05) is 26.2 Å². The largest absolute Gasteiger partial charge is 0.332 e. The van der Waals surface area contributed by atoms with Crippen molar-refractivity contribution in [2.24, 2.45) is 5.92 Å². The van der Waals surface area contributed by atoms with Crippen molar-refractivity contribution in [2.75, 3.05) is 19.6 Å². The molecule has 0 spiro atoms. The number of para-hydroxylation sites is 2. The van der Waals surface area contributed by atoms with Crippen molar-refractivity contribution in [1.29, 1.82) is 0 Å². The molecular formula is C17H22N4O. The Morgan fingerprint density at radius 1 is 1.36 bits per heavy atom. The van der Waals surface area contributed by atoms with E-state index in [0.717, 1.165) is 50.4 Å². The third-order valence-electron chi connectivity index (χ3n) is 4.96. The molecule has 1 N–H and O–H groups in total. The summed E-state index contributed by atoms with van der Waals surface area (Å²) in [5.74, 6) is 1.53. The van der Waals surface area contributed by atoms with Crippen LogP contribution >= 0.6 is 0 Å². The van der Waals surface area contributed by atoms with E-state index in [4.69, 9.17) is 4.98 Å². The van der Waals surface area contributed by atoms with Gasteiger partial charge in [-0.3, -0.25) is 4.79 Å². The second kappa shape index (κ2) is 5.39. The van der Waals surface area contributed by atoms with Crippen LogP contribution < -0.4 is 5.32 Å². The Hall–Kier alpha value is -1.88. The van der Waals surface area contributed by atoms with Crippen LogP contribution in [0.25, 0.3) is 11.0 Å². The summed E-state index contributed by atoms with van der Waals surface area (Å²) in [7, 11) is 0. The summed E-state index contributed by atoms with van der Waals surface area (Å²) in [6.45, 7) is 5.55. The number of amides is 1. The van der Waals surface area contributed by atoms with Gasteiger partial charge in [0.1, 0.15) is 5.82 Å². The highest BCUT2D eigenvalue weighted by Crippen LogP contribution is 2.34. The van der Waals surface area contributed by atoms with Gasteiger partial charge in [-0.25, -0.2) is 4.98 Å². The molecule has 5 heteroatoms. The molecule has 0 aliphatic carbocycles. The summed E-state index contributed by atoms with van der Waals surface area (Å²) in [6.07, 6.45) is 2.10. The van der Waals surface area contributed by atoms with Gasteiger partial charge in [-0.15, -0.1) is 0 Å². The van der Waals surface area contributed by atoms with Crippen molar-refractivity contribution in [3.05, 3.63) is 30.1 Å². The second-order valence-electron chi connectivity index (χ2n) is 6.25. The summed E-state index contributed by atoms with van der Waals surface area (Å²) >= 11 is 0. The lowest BCUT2D eigenvalue weighted by Gasteiger charge is -2.33. The first-order chi connectivity index (χ1) is 10.8. The van der Waals surface area contributed by atoms with Gasteiger partial charge in [-0.1, -0.05) is 12.1 Å². The van der Waals surface area contributed by atoms with Crippen LogP contribution in [0.1, 0.15) is 31.6 Å². The summed E-state index contributed by atoms with van der Waals surface area (Å²) in [6, 6.07) is 8.39. The number of rotatable bonds is 3. The Labute approximate surface area is 130 Å². The highest BCUT2D eigenvalue weighted by molar-refractivity contribution is 5.81. The maximum absolute atomic E-state index is 12.7. The fraction of sp³-hybridized carbons (Fsp3) is 0.529. The van der Waals surface area contributed by atoms with E-state index >= 15 is 0 Å². The average molecular weight is 298 g/mol. The summed E-state index contributed by atoms with van der Waals surface area (Å²) in [4.78, 5) is 19.6. The molecule has 0 bridgehead atoms. The lowest BCUT2D eigenvalue weighted by molar-refractivity contribution is -0.138. The molecular weight excluding hydrogens is 276 g/mol. The molecule has 1 atom stereocenters. The predicted octanol–water partition coefficient (Wildman–Crippen LogP) is 1.94. The summed E-state index contributed by atoms with van der Waals surface area (Å²) in [5, 5.41) is 3.20. The van der Waals surface area contributed by atoms with Gasteiger partial charge in [0.15, 0.2) is 0 Å². The minimum atomic E-state index is 0.139. The van der Waals surface area contributed by atoms with E-state index in [1.54, 1.807) is 0 Å². The molecule has 3 heterocycles. The standard InChI is InChI=1S/C17H22N4O/c1-2-20-14-7-4-3-6-13(14)19-16(20)15-8-5-9-21(15)17(22)12-10-18-11-12/h3-4,6-7,12,15,18H,2,5,8-11H2,1H3. The number of aromatic nitrogens is 2. The molecule has 0 radical (unpaired) electrons. The molecule has 1 aromatic carbocycles. The predicted molar refractivity (Wildman–Crippen MR) is 85.5 cm³/mol. The zero-order chi connectivity index (χ0) is 15.1. The quantitative estimate of drug-likeness (QED) is 0.942. The molecule has 22 heavy (non-hydrogen) atoms. The van der Waals surface area contributed by atoms with E-state index < -0.39 is 0 Å². The van der Waals surface area contributed by atoms with E-state index in [1.807, 2.05) is 6.07 Å². The van der Waals surface area contributed by atoms with Crippen molar-refractivity contribution in [2.45, 2.75) is 32.4 Å². The van der Waals surface area contributed by atoms with E-state index in [9.17, 15) is 4.79 Å². The fourth-order valence-corrected chi connectivity index (χ4v) is 3.68. The monoisotopic (exact) mass is 298 g/mol. The van der Waals surface area contributed by atoms with Crippen LogP contribution in [0.5, 0.6) is 0 Å². The Balaban J connectivity index is 1.72. The normalized spacial score (nSPS) is 22.2. The number of carbonyl (C=O) groups is 1. The number of hydrogen-bond donors (Lipinski definition) is 1. The molecule has 2 saturated heterocycles. The number of carbonyl (C=O) groups excluding carboxylic acids is 1. The molecule has 116 valence electrons. The SMILES string of the molecule is CCn1c(C2CCCN2C(=O)C2CNC2)nc2ccccc21. The van der Waals surface area contributed by atoms with Crippen LogP contribution in [0, 0.1) is 5.92 Å². The van der Waals surface area contributed by atoms with Gasteiger partial charge in [-0.2, -0.15) is 0 Å². The summed E-state index contributed by atoms with van der Waals surface area (Å²) in [5.41, 5.74) is 2.20. The number of aryl methyl sites for hydroxylation is 1. The highest BCUT2D eigenvalue weighted by Gasteiger charge is 2.38. The van der Waals surface area contributed by atoms with Crippen LogP contribution in [0.2, 0.25) is 0 Å². The van der Waals surface area contributed by atoms with Crippen LogP contribution in [0.15, 0.2) is 24.3 Å². The fourth-order valence-electron chi connectivity index (χ4n) is 3.68. The van der Waals surface area contributed by atoms with E-state index in [0.29, 0.717) is 5.91 Å². The molecule has 2 aliphatic rings. The Bertz CT molecular complexity index is 704. The van der Waals surface area contributed by atoms with Crippen LogP contribution in [-0.4, -0.2) is 40.0 Å². The Kier molecular flexibility index (Phi) is 3.37. The maximum atomic E-state index is 12.7. The Morgan fingerprint density at radius 2 is 2.18 bits per heavy atom. The van der Waals surface area contributed by atoms with Crippen LogP contribution in [0.4, 0.5) is 0 Å². The molecule has 4 rings (SSSR count). The number of nitrogens with one attached hydrogen (secondary N) is 1. The maximum Gasteiger partial charge on any atom is 0.228 e.